The number of quaternary nitrogens is 1. The maximum atomic E-state index is 14.1. The van der Waals surface area contributed by atoms with Crippen LogP contribution in [0.5, 0.6) is 0 Å². The van der Waals surface area contributed by atoms with Gasteiger partial charge in [-0.2, -0.15) is 10.0 Å². The normalized spacial score (nSPS) is 20.8. The zero-order valence-electron chi connectivity index (χ0n) is 36.7. The maximum Gasteiger partial charge on any atom is 0.568 e. The fourth-order valence-electron chi connectivity index (χ4n) is 10.7. The molecule has 3 saturated heterocycles. The van der Waals surface area contributed by atoms with Gasteiger partial charge in [0.05, 0.1) is 37.3 Å². The van der Waals surface area contributed by atoms with Gasteiger partial charge in [-0.05, 0) is 108 Å². The third-order valence-electron chi connectivity index (χ3n) is 14.3. The molecule has 65 heavy (non-hydrogen) atoms. The second-order valence-corrected chi connectivity index (χ2v) is 17.9. The van der Waals surface area contributed by atoms with E-state index < -0.39 is 29.0 Å². The lowest BCUT2D eigenvalue weighted by atomic mass is 9.89. The molecule has 10 rings (SSSR count). The van der Waals surface area contributed by atoms with Gasteiger partial charge >= 0.3 is 12.2 Å². The number of amides is 3. The number of rotatable bonds is 10. The van der Waals surface area contributed by atoms with Crippen LogP contribution in [0.1, 0.15) is 92.0 Å². The average Bonchev–Trinajstić information content (AvgIpc) is 4.19. The number of H-pyrrole nitrogens is 2. The number of aryl methyl sites for hydroxylation is 2. The van der Waals surface area contributed by atoms with Crippen LogP contribution in [0.3, 0.4) is 0 Å². The Balaban J connectivity index is 0.854. The Labute approximate surface area is 376 Å². The van der Waals surface area contributed by atoms with E-state index in [0.29, 0.717) is 57.0 Å². The number of alkyl carbamates (subject to hydrolysis) is 1. The number of carboxylic acid groups (broad SMARTS) is 1. The van der Waals surface area contributed by atoms with Crippen LogP contribution in [-0.4, -0.2) is 102 Å². The Kier molecular flexibility index (Phi) is 11.5. The number of aromatic nitrogens is 4. The van der Waals surface area contributed by atoms with Crippen molar-refractivity contribution in [3.8, 4) is 33.6 Å². The van der Waals surface area contributed by atoms with Crippen molar-refractivity contribution in [1.29, 1.82) is 0 Å². The second-order valence-electron chi connectivity index (χ2n) is 17.9. The highest BCUT2D eigenvalue weighted by Gasteiger charge is 2.56. The molecule has 5 unspecified atom stereocenters. The highest BCUT2D eigenvalue weighted by Crippen LogP contribution is 2.42. The van der Waals surface area contributed by atoms with Crippen LogP contribution in [0.2, 0.25) is 0 Å². The first-order valence-corrected chi connectivity index (χ1v) is 22.8. The van der Waals surface area contributed by atoms with Gasteiger partial charge < -0.3 is 34.8 Å². The molecule has 4 aromatic carbocycles. The summed E-state index contributed by atoms with van der Waals surface area (Å²) in [6.45, 7) is 3.99. The number of hydroxylamine groups is 2. The molecule has 5 atom stereocenters. The predicted molar refractivity (Wildman–Crippen MR) is 242 cm³/mol. The lowest BCUT2D eigenvalue weighted by molar-refractivity contribution is -1.15. The van der Waals surface area contributed by atoms with Crippen molar-refractivity contribution < 1.29 is 38.9 Å². The van der Waals surface area contributed by atoms with Gasteiger partial charge in [0.2, 0.25) is 0 Å². The van der Waals surface area contributed by atoms with Crippen molar-refractivity contribution in [2.24, 2.45) is 5.92 Å². The van der Waals surface area contributed by atoms with Crippen molar-refractivity contribution in [1.82, 2.24) is 35.2 Å². The van der Waals surface area contributed by atoms with E-state index in [1.165, 1.54) is 12.7 Å². The molecular weight excluding hydrogens is 825 g/mol. The summed E-state index contributed by atoms with van der Waals surface area (Å²) < 4.78 is 9.24. The number of benzene rings is 4. The number of carbonyl (C=O) groups is 3. The Morgan fingerprint density at radius 1 is 0.846 bits per heavy atom. The first-order valence-electron chi connectivity index (χ1n) is 22.8. The van der Waals surface area contributed by atoms with E-state index in [2.05, 4.69) is 69.9 Å². The fraction of sp³-hybridized carbons (Fsp3) is 0.380. The van der Waals surface area contributed by atoms with E-state index >= 15 is 0 Å². The number of likely N-dealkylation sites (tertiary alicyclic amines) is 1. The molecule has 0 radical (unpaired) electrons. The molecule has 15 heteroatoms. The molecule has 5 N–H and O–H groups in total. The minimum atomic E-state index is -1.28. The van der Waals surface area contributed by atoms with Crippen LogP contribution in [0.25, 0.3) is 44.4 Å². The Bertz CT molecular complexity index is 2750. The Hall–Kier alpha value is -6.39. The summed E-state index contributed by atoms with van der Waals surface area (Å²) in [6, 6.07) is 26.6. The minimum Gasteiger partial charge on any atom is -0.453 e. The smallest absolute Gasteiger partial charge is 0.453 e. The SMILES string of the molecule is COC(=O)NC(C(=O)N1CCCC1c1nc2c([nH]1)CCc1cc(-c3ccc4cc(-c5cnc(C6CCCN6[N+](O)(C(=O)O)C(C)C6CCOCC6)[nH]5)ccc4c3)ccc1-2)c1ccccc1. The van der Waals surface area contributed by atoms with Crippen LogP contribution >= 0.6 is 0 Å². The van der Waals surface area contributed by atoms with E-state index in [4.69, 9.17) is 19.4 Å². The van der Waals surface area contributed by atoms with E-state index in [0.717, 1.165) is 88.0 Å². The van der Waals surface area contributed by atoms with Crippen LogP contribution in [0.15, 0.2) is 91.1 Å². The van der Waals surface area contributed by atoms with E-state index in [-0.39, 0.29) is 23.9 Å². The summed E-state index contributed by atoms with van der Waals surface area (Å²) in [5.74, 6) is 1.25. The number of fused-ring (bicyclic) bond motifs is 4. The van der Waals surface area contributed by atoms with Gasteiger partial charge in [-0.1, -0.05) is 72.8 Å². The largest absolute Gasteiger partial charge is 0.568 e. The van der Waals surface area contributed by atoms with Crippen molar-refractivity contribution in [3.63, 3.8) is 0 Å². The number of aromatic amines is 2. The van der Waals surface area contributed by atoms with E-state index in [1.807, 2.05) is 42.2 Å². The summed E-state index contributed by atoms with van der Waals surface area (Å²) in [7, 11) is 1.29. The second kappa shape index (κ2) is 17.5. The number of hydrogen-bond acceptors (Lipinski definition) is 9. The van der Waals surface area contributed by atoms with Gasteiger partial charge in [-0.15, -0.1) is 5.01 Å². The first-order chi connectivity index (χ1) is 31.6. The number of methoxy groups -OCH3 is 1. The molecule has 15 nitrogen and oxygen atoms in total. The monoisotopic (exact) mass is 879 g/mol. The zero-order chi connectivity index (χ0) is 44.8. The molecule has 2 aromatic heterocycles. The van der Waals surface area contributed by atoms with Crippen molar-refractivity contribution in [3.05, 3.63) is 120 Å². The summed E-state index contributed by atoms with van der Waals surface area (Å²) in [6.07, 6.45) is 5.99. The summed E-state index contributed by atoms with van der Waals surface area (Å²) in [5.41, 5.74) is 9.03. The highest BCUT2D eigenvalue weighted by molar-refractivity contribution is 5.91. The third-order valence-corrected chi connectivity index (χ3v) is 14.3. The number of nitrogens with zero attached hydrogens (tertiary/aromatic N) is 5. The molecule has 4 aliphatic rings. The number of nitrogens with one attached hydrogen (secondary N) is 3. The zero-order valence-corrected chi connectivity index (χ0v) is 36.7. The van der Waals surface area contributed by atoms with Crippen LogP contribution < -0.4 is 5.32 Å². The Morgan fingerprint density at radius 3 is 2.32 bits per heavy atom. The number of imidazole rings is 2. The molecule has 3 aliphatic heterocycles. The van der Waals surface area contributed by atoms with Gasteiger partial charge in [0.15, 0.2) is 6.04 Å². The molecule has 1 aliphatic carbocycles. The standard InChI is InChI=1S/C50H54N8O7/c1-30(31-20-24-65-25-21-31)58(63,50(61)62)57-23-7-11-43(57)46-51-29-41(53-46)38-15-14-34-26-33(12-13-35(34)28-38)36-16-18-39-37(27-36)17-19-40-45(39)54-47(52-40)42-10-6-22-56(42)48(59)44(55-49(60)64-2)32-8-4-3-5-9-32/h3-5,8-9,12-16,18,26-31,42-44,63H,6-7,10-11,17,19-25H2,1-2H3,(H3-,51,52,53,54,55,60,61,62)/p+1. The lowest BCUT2D eigenvalue weighted by Crippen LogP contribution is -2.67. The molecule has 6 aromatic rings. The van der Waals surface area contributed by atoms with Gasteiger partial charge in [-0.25, -0.2) is 14.8 Å². The van der Waals surface area contributed by atoms with Gasteiger partial charge in [0.25, 0.3) is 5.91 Å². The van der Waals surface area contributed by atoms with Gasteiger partial charge in [0.1, 0.15) is 23.7 Å². The molecule has 3 fully saturated rings. The number of carbonyl (C=O) groups excluding carboxylic acids is 2. The summed E-state index contributed by atoms with van der Waals surface area (Å²) in [4.78, 5) is 58.0. The maximum absolute atomic E-state index is 14.1. The number of ether oxygens (including phenoxy) is 2. The number of hydrogen-bond donors (Lipinski definition) is 5. The summed E-state index contributed by atoms with van der Waals surface area (Å²) >= 11 is 0. The summed E-state index contributed by atoms with van der Waals surface area (Å²) in [5, 5.41) is 28.9. The fourth-order valence-corrected chi connectivity index (χ4v) is 10.7. The van der Waals surface area contributed by atoms with Crippen LogP contribution in [0, 0.1) is 5.92 Å². The molecule has 0 spiro atoms. The van der Waals surface area contributed by atoms with Crippen LogP contribution in [-0.2, 0) is 27.1 Å². The van der Waals surface area contributed by atoms with Crippen molar-refractivity contribution >= 4 is 28.9 Å². The van der Waals surface area contributed by atoms with Gasteiger partial charge in [-0.3, -0.25) is 4.79 Å². The molecule has 0 saturated carbocycles. The Morgan fingerprint density at radius 2 is 1.55 bits per heavy atom. The molecule has 336 valence electrons. The first kappa shape index (κ1) is 42.6. The predicted octanol–water partition coefficient (Wildman–Crippen LogP) is 8.90. The van der Waals surface area contributed by atoms with Crippen LogP contribution in [0.4, 0.5) is 9.59 Å². The topological polar surface area (TPSA) is 186 Å². The highest BCUT2D eigenvalue weighted by atomic mass is 16.7. The van der Waals surface area contributed by atoms with Crippen molar-refractivity contribution in [2.75, 3.05) is 33.4 Å². The van der Waals surface area contributed by atoms with E-state index in [9.17, 15) is 24.7 Å². The molecular formula is C50H55N8O7+. The quantitative estimate of drug-likeness (QED) is 0.0506. The average molecular weight is 880 g/mol. The molecule has 0 bridgehead atoms. The van der Waals surface area contributed by atoms with Crippen molar-refractivity contribution in [2.45, 2.75) is 82.5 Å². The van der Waals surface area contributed by atoms with E-state index in [1.54, 1.807) is 11.2 Å². The molecule has 5 heterocycles. The van der Waals surface area contributed by atoms with Gasteiger partial charge in [0, 0.05) is 42.5 Å². The third kappa shape index (κ3) is 7.85. The molecule has 3 amide bonds. The minimum absolute atomic E-state index is 0.0255. The lowest BCUT2D eigenvalue weighted by Gasteiger charge is -2.42.